The van der Waals surface area contributed by atoms with Gasteiger partial charge in [0.2, 0.25) is 10.0 Å². The van der Waals surface area contributed by atoms with Gasteiger partial charge in [-0.2, -0.15) is 4.31 Å². The number of carbonyl (C=O) groups is 1. The number of likely N-dealkylation sites (tertiary alicyclic amines) is 2. The molecule has 1 aromatic carbocycles. The molecule has 0 unspecified atom stereocenters. The number of piperidine rings is 2. The first-order chi connectivity index (χ1) is 15.4. The van der Waals surface area contributed by atoms with E-state index in [-0.39, 0.29) is 10.8 Å². The van der Waals surface area contributed by atoms with Gasteiger partial charge in [-0.3, -0.25) is 4.79 Å². The van der Waals surface area contributed by atoms with Crippen LogP contribution in [0.1, 0.15) is 73.7 Å². The third kappa shape index (κ3) is 5.54. The van der Waals surface area contributed by atoms with Crippen LogP contribution in [0.2, 0.25) is 0 Å². The normalized spacial score (nSPS) is 22.6. The molecule has 0 aliphatic carbocycles. The van der Waals surface area contributed by atoms with E-state index in [0.29, 0.717) is 24.6 Å². The molecule has 3 aliphatic heterocycles. The van der Waals surface area contributed by atoms with E-state index >= 15 is 0 Å². The summed E-state index contributed by atoms with van der Waals surface area (Å²) in [5.41, 5.74) is 1.38. The lowest BCUT2D eigenvalue weighted by Gasteiger charge is -2.35. The predicted octanol–water partition coefficient (Wildman–Crippen LogP) is 3.90. The van der Waals surface area contributed by atoms with Crippen molar-refractivity contribution in [1.29, 1.82) is 0 Å². The van der Waals surface area contributed by atoms with Gasteiger partial charge in [-0.25, -0.2) is 8.42 Å². The molecule has 7 heteroatoms. The van der Waals surface area contributed by atoms with Crippen LogP contribution < -0.4 is 0 Å². The van der Waals surface area contributed by atoms with Gasteiger partial charge in [0.1, 0.15) is 0 Å². The van der Waals surface area contributed by atoms with Crippen LogP contribution in [0.15, 0.2) is 23.1 Å². The molecule has 0 spiro atoms. The minimum absolute atomic E-state index is 0.0218. The number of hydrogen-bond donors (Lipinski definition) is 0. The average molecular weight is 462 g/mol. The van der Waals surface area contributed by atoms with Crippen molar-refractivity contribution < 1.29 is 13.2 Å². The van der Waals surface area contributed by atoms with Crippen LogP contribution in [0, 0.1) is 12.8 Å². The van der Waals surface area contributed by atoms with Gasteiger partial charge in [-0.15, -0.1) is 0 Å². The Balaban J connectivity index is 1.39. The Hall–Kier alpha value is -1.44. The minimum atomic E-state index is -3.54. The molecule has 1 amide bonds. The smallest absolute Gasteiger partial charge is 0.254 e. The number of carbonyl (C=O) groups excluding carboxylic acids is 1. The summed E-state index contributed by atoms with van der Waals surface area (Å²) in [5, 5.41) is 0. The Kier molecular flexibility index (Phi) is 7.90. The van der Waals surface area contributed by atoms with Crippen molar-refractivity contribution in [3.8, 4) is 0 Å². The maximum absolute atomic E-state index is 13.3. The van der Waals surface area contributed by atoms with Crippen LogP contribution in [-0.2, 0) is 10.0 Å². The topological polar surface area (TPSA) is 60.9 Å². The molecule has 3 aliphatic rings. The summed E-state index contributed by atoms with van der Waals surface area (Å²) in [6.45, 7) is 8.17. The lowest BCUT2D eigenvalue weighted by Crippen LogP contribution is -2.42. The molecule has 6 nitrogen and oxygen atoms in total. The summed E-state index contributed by atoms with van der Waals surface area (Å²) in [4.78, 5) is 18.1. The highest BCUT2D eigenvalue weighted by Crippen LogP contribution is 2.26. The second kappa shape index (κ2) is 10.7. The number of nitrogens with zero attached hydrogens (tertiary/aromatic N) is 3. The number of aryl methyl sites for hydroxylation is 1. The summed E-state index contributed by atoms with van der Waals surface area (Å²) < 4.78 is 27.8. The molecule has 0 atom stereocenters. The zero-order valence-corrected chi connectivity index (χ0v) is 20.4. The Labute approximate surface area is 194 Å². The van der Waals surface area contributed by atoms with Crippen LogP contribution in [0.25, 0.3) is 0 Å². The molecule has 178 valence electrons. The summed E-state index contributed by atoms with van der Waals surface area (Å²) in [7, 11) is -3.54. The number of amides is 1. The van der Waals surface area contributed by atoms with E-state index in [0.717, 1.165) is 57.3 Å². The number of hydrogen-bond acceptors (Lipinski definition) is 4. The summed E-state index contributed by atoms with van der Waals surface area (Å²) in [6.07, 6.45) is 10.3. The fourth-order valence-electron chi connectivity index (χ4n) is 5.42. The highest BCUT2D eigenvalue weighted by Gasteiger charge is 2.29. The van der Waals surface area contributed by atoms with Crippen LogP contribution in [0.4, 0.5) is 0 Å². The molecular formula is C25H39N3O3S. The molecule has 32 heavy (non-hydrogen) atoms. The highest BCUT2D eigenvalue weighted by atomic mass is 32.2. The maximum Gasteiger partial charge on any atom is 0.254 e. The quantitative estimate of drug-likeness (QED) is 0.667. The van der Waals surface area contributed by atoms with E-state index in [9.17, 15) is 13.2 Å². The first-order valence-corrected chi connectivity index (χ1v) is 14.0. The largest absolute Gasteiger partial charge is 0.339 e. The third-order valence-electron chi connectivity index (χ3n) is 7.51. The molecule has 0 radical (unpaired) electrons. The SMILES string of the molecule is Cc1ccc(S(=O)(=O)N2CCCCC2)cc1C(=O)N1CCC(CN2CCCCCC2)CC1. The van der Waals surface area contributed by atoms with Gasteiger partial charge in [0.25, 0.3) is 5.91 Å². The van der Waals surface area contributed by atoms with Gasteiger partial charge in [0.05, 0.1) is 4.90 Å². The van der Waals surface area contributed by atoms with Crippen LogP contribution in [-0.4, -0.2) is 74.2 Å². The number of rotatable bonds is 5. The van der Waals surface area contributed by atoms with E-state index in [4.69, 9.17) is 0 Å². The monoisotopic (exact) mass is 461 g/mol. The molecule has 0 N–H and O–H groups in total. The van der Waals surface area contributed by atoms with Crippen LogP contribution in [0.5, 0.6) is 0 Å². The molecule has 3 fully saturated rings. The van der Waals surface area contributed by atoms with Gasteiger partial charge in [-0.05, 0) is 82.2 Å². The summed E-state index contributed by atoms with van der Waals surface area (Å²) >= 11 is 0. The van der Waals surface area contributed by atoms with Crippen LogP contribution in [0.3, 0.4) is 0 Å². The molecule has 1 aromatic rings. The lowest BCUT2D eigenvalue weighted by atomic mass is 9.95. The van der Waals surface area contributed by atoms with Crippen molar-refractivity contribution in [3.05, 3.63) is 29.3 Å². The summed E-state index contributed by atoms with van der Waals surface area (Å²) in [6, 6.07) is 5.06. The van der Waals surface area contributed by atoms with Crippen molar-refractivity contribution in [1.82, 2.24) is 14.1 Å². The zero-order valence-electron chi connectivity index (χ0n) is 19.6. The second-order valence-corrected chi connectivity index (χ2v) is 11.8. The molecular weight excluding hydrogens is 422 g/mol. The molecule has 0 bridgehead atoms. The molecule has 3 saturated heterocycles. The Morgan fingerprint density at radius 2 is 1.47 bits per heavy atom. The van der Waals surface area contributed by atoms with Crippen molar-refractivity contribution in [2.24, 2.45) is 5.92 Å². The van der Waals surface area contributed by atoms with Gasteiger partial charge in [0.15, 0.2) is 0 Å². The maximum atomic E-state index is 13.3. The van der Waals surface area contributed by atoms with Gasteiger partial charge >= 0.3 is 0 Å². The van der Waals surface area contributed by atoms with E-state index in [1.165, 1.54) is 38.8 Å². The predicted molar refractivity (Wildman–Crippen MR) is 127 cm³/mol. The van der Waals surface area contributed by atoms with Crippen molar-refractivity contribution >= 4 is 15.9 Å². The number of benzene rings is 1. The third-order valence-corrected chi connectivity index (χ3v) is 9.40. The van der Waals surface area contributed by atoms with Crippen molar-refractivity contribution in [3.63, 3.8) is 0 Å². The Morgan fingerprint density at radius 3 is 2.12 bits per heavy atom. The molecule has 4 rings (SSSR count). The van der Waals surface area contributed by atoms with Crippen LogP contribution >= 0.6 is 0 Å². The van der Waals surface area contributed by atoms with E-state index in [2.05, 4.69) is 4.90 Å². The summed E-state index contributed by atoms with van der Waals surface area (Å²) in [5.74, 6) is 0.635. The molecule has 3 heterocycles. The fourth-order valence-corrected chi connectivity index (χ4v) is 6.96. The molecule has 0 aromatic heterocycles. The van der Waals surface area contributed by atoms with E-state index in [1.807, 2.05) is 11.8 Å². The molecule has 0 saturated carbocycles. The highest BCUT2D eigenvalue weighted by molar-refractivity contribution is 7.89. The number of sulfonamides is 1. The Morgan fingerprint density at radius 1 is 0.875 bits per heavy atom. The second-order valence-electron chi connectivity index (χ2n) is 9.89. The average Bonchev–Trinajstić information content (AvgIpc) is 3.08. The lowest BCUT2D eigenvalue weighted by molar-refractivity contribution is 0.0667. The Bertz CT molecular complexity index is 880. The fraction of sp³-hybridized carbons (Fsp3) is 0.720. The van der Waals surface area contributed by atoms with Gasteiger partial charge in [-0.1, -0.05) is 25.3 Å². The zero-order chi connectivity index (χ0) is 22.6. The first kappa shape index (κ1) is 23.7. The standard InChI is InChI=1S/C25H39N3O3S/c1-21-9-10-23(32(30,31)28-15-7-4-8-16-28)19-24(21)25(29)27-17-11-22(12-18-27)20-26-13-5-2-3-6-14-26/h9-10,19,22H,2-8,11-18,20H2,1H3. The van der Waals surface area contributed by atoms with Gasteiger partial charge in [0, 0.05) is 38.3 Å². The van der Waals surface area contributed by atoms with Crippen molar-refractivity contribution in [2.45, 2.75) is 69.6 Å². The first-order valence-electron chi connectivity index (χ1n) is 12.6. The van der Waals surface area contributed by atoms with E-state index < -0.39 is 10.0 Å². The minimum Gasteiger partial charge on any atom is -0.339 e. The van der Waals surface area contributed by atoms with E-state index in [1.54, 1.807) is 22.5 Å². The van der Waals surface area contributed by atoms with Gasteiger partial charge < -0.3 is 9.80 Å². The van der Waals surface area contributed by atoms with Crippen molar-refractivity contribution in [2.75, 3.05) is 45.8 Å².